The van der Waals surface area contributed by atoms with Crippen LogP contribution in [0.25, 0.3) is 0 Å². The summed E-state index contributed by atoms with van der Waals surface area (Å²) in [6, 6.07) is 0. The highest BCUT2D eigenvalue weighted by atomic mass is 16.5. The highest BCUT2D eigenvalue weighted by Crippen LogP contribution is 2.18. The van der Waals surface area contributed by atoms with Crippen molar-refractivity contribution in [2.24, 2.45) is 0 Å². The van der Waals surface area contributed by atoms with Gasteiger partial charge in [-0.15, -0.1) is 0 Å². The van der Waals surface area contributed by atoms with Crippen molar-refractivity contribution in [2.45, 2.75) is 44.5 Å². The Kier molecular flexibility index (Phi) is 5.18. The van der Waals surface area contributed by atoms with E-state index in [0.29, 0.717) is 25.3 Å². The second kappa shape index (κ2) is 5.96. The van der Waals surface area contributed by atoms with Gasteiger partial charge in [0.1, 0.15) is 0 Å². The number of hydrogen-bond acceptors (Lipinski definition) is 4. The summed E-state index contributed by atoms with van der Waals surface area (Å²) in [4.78, 5) is 2.00. The summed E-state index contributed by atoms with van der Waals surface area (Å²) in [7, 11) is 3.94. The molecule has 96 valence electrons. The van der Waals surface area contributed by atoms with Crippen LogP contribution in [0, 0.1) is 0 Å². The Morgan fingerprint density at radius 3 is 2.62 bits per heavy atom. The van der Waals surface area contributed by atoms with Crippen LogP contribution in [-0.2, 0) is 4.74 Å². The second-order valence-corrected chi connectivity index (χ2v) is 5.51. The fraction of sp³-hybridized carbons (Fsp3) is 1.00. The summed E-state index contributed by atoms with van der Waals surface area (Å²) in [5.41, 5.74) is -0.673. The van der Waals surface area contributed by atoms with E-state index in [4.69, 9.17) is 4.74 Å². The van der Waals surface area contributed by atoms with Gasteiger partial charge in [-0.05, 0) is 40.8 Å². The van der Waals surface area contributed by atoms with E-state index in [2.05, 4.69) is 12.2 Å². The molecule has 0 radical (unpaired) electrons. The lowest BCUT2D eigenvalue weighted by Crippen LogP contribution is -2.47. The molecule has 0 amide bonds. The van der Waals surface area contributed by atoms with Crippen molar-refractivity contribution >= 4 is 0 Å². The predicted molar refractivity (Wildman–Crippen MR) is 65.6 cm³/mol. The van der Waals surface area contributed by atoms with E-state index in [0.717, 1.165) is 19.4 Å². The van der Waals surface area contributed by atoms with Gasteiger partial charge >= 0.3 is 0 Å². The van der Waals surface area contributed by atoms with Crippen molar-refractivity contribution in [1.29, 1.82) is 0 Å². The van der Waals surface area contributed by atoms with Gasteiger partial charge in [-0.3, -0.25) is 0 Å². The molecule has 4 heteroatoms. The van der Waals surface area contributed by atoms with E-state index in [-0.39, 0.29) is 0 Å². The minimum atomic E-state index is -0.673. The molecule has 1 aliphatic heterocycles. The van der Waals surface area contributed by atoms with Gasteiger partial charge < -0.3 is 20.1 Å². The molecule has 0 spiro atoms. The first-order chi connectivity index (χ1) is 7.39. The fourth-order valence-electron chi connectivity index (χ4n) is 2.27. The molecule has 1 heterocycles. The van der Waals surface area contributed by atoms with Gasteiger partial charge in [-0.1, -0.05) is 0 Å². The highest BCUT2D eigenvalue weighted by molar-refractivity contribution is 4.80. The van der Waals surface area contributed by atoms with Crippen molar-refractivity contribution in [1.82, 2.24) is 10.2 Å². The van der Waals surface area contributed by atoms with Crippen molar-refractivity contribution in [3.63, 3.8) is 0 Å². The molecule has 0 aliphatic carbocycles. The maximum Gasteiger partial charge on any atom is 0.0869 e. The molecule has 1 aliphatic rings. The van der Waals surface area contributed by atoms with Gasteiger partial charge in [-0.2, -0.15) is 0 Å². The number of likely N-dealkylation sites (N-methyl/N-ethyl adjacent to an activating group) is 1. The monoisotopic (exact) mass is 230 g/mol. The third kappa shape index (κ3) is 5.25. The zero-order chi connectivity index (χ0) is 12.2. The molecular formula is C12H26N2O2. The summed E-state index contributed by atoms with van der Waals surface area (Å²) < 4.78 is 5.70. The largest absolute Gasteiger partial charge is 0.388 e. The lowest BCUT2D eigenvalue weighted by Gasteiger charge is -2.27. The maximum atomic E-state index is 10.1. The molecule has 3 unspecified atom stereocenters. The number of hydrogen-bond donors (Lipinski definition) is 2. The van der Waals surface area contributed by atoms with Crippen LogP contribution in [0.2, 0.25) is 0 Å². The summed E-state index contributed by atoms with van der Waals surface area (Å²) in [5.74, 6) is 0. The Hall–Kier alpha value is -0.160. The molecule has 0 saturated carbocycles. The average Bonchev–Trinajstić information content (AvgIpc) is 2.48. The lowest BCUT2D eigenvalue weighted by molar-refractivity contribution is 0.0234. The number of nitrogens with one attached hydrogen (secondary N) is 1. The molecule has 0 bridgehead atoms. The first-order valence-electron chi connectivity index (χ1n) is 6.12. The minimum absolute atomic E-state index is 0.324. The summed E-state index contributed by atoms with van der Waals surface area (Å²) in [6.07, 6.45) is 3.00. The van der Waals surface area contributed by atoms with E-state index < -0.39 is 5.60 Å². The van der Waals surface area contributed by atoms with Gasteiger partial charge in [0.15, 0.2) is 0 Å². The van der Waals surface area contributed by atoms with Crippen molar-refractivity contribution in [3.05, 3.63) is 0 Å². The fourth-order valence-corrected chi connectivity index (χ4v) is 2.27. The van der Waals surface area contributed by atoms with Crippen LogP contribution in [0.15, 0.2) is 0 Å². The van der Waals surface area contributed by atoms with E-state index >= 15 is 0 Å². The molecule has 0 aromatic heterocycles. The summed E-state index contributed by atoms with van der Waals surface area (Å²) >= 11 is 0. The van der Waals surface area contributed by atoms with Crippen LogP contribution in [-0.4, -0.2) is 61.5 Å². The van der Waals surface area contributed by atoms with Crippen LogP contribution >= 0.6 is 0 Å². The smallest absolute Gasteiger partial charge is 0.0869 e. The number of nitrogens with zero attached hydrogens (tertiary/aromatic N) is 1. The van der Waals surface area contributed by atoms with Crippen LogP contribution in [0.3, 0.4) is 0 Å². The Morgan fingerprint density at radius 2 is 2.12 bits per heavy atom. The molecule has 16 heavy (non-hydrogen) atoms. The Labute approximate surface area is 99.0 Å². The van der Waals surface area contributed by atoms with Gasteiger partial charge in [0.2, 0.25) is 0 Å². The third-order valence-corrected chi connectivity index (χ3v) is 2.85. The molecule has 4 nitrogen and oxygen atoms in total. The standard InChI is InChI=1S/C12H26N2O2/c1-10-5-6-11(16-10)7-13-8-12(2,15)9-14(3)4/h10-11,13,15H,5-9H2,1-4H3. The van der Waals surface area contributed by atoms with Gasteiger partial charge in [-0.25, -0.2) is 0 Å². The number of ether oxygens (including phenoxy) is 1. The molecule has 0 aromatic carbocycles. The van der Waals surface area contributed by atoms with Crippen molar-refractivity contribution < 1.29 is 9.84 Å². The zero-order valence-corrected chi connectivity index (χ0v) is 11.0. The van der Waals surface area contributed by atoms with Crippen LogP contribution in [0.1, 0.15) is 26.7 Å². The van der Waals surface area contributed by atoms with E-state index in [1.165, 1.54) is 0 Å². The highest BCUT2D eigenvalue weighted by Gasteiger charge is 2.24. The second-order valence-electron chi connectivity index (χ2n) is 5.51. The molecule has 1 saturated heterocycles. The van der Waals surface area contributed by atoms with E-state index in [9.17, 15) is 5.11 Å². The molecule has 3 atom stereocenters. The van der Waals surface area contributed by atoms with Gasteiger partial charge in [0, 0.05) is 19.6 Å². The molecule has 2 N–H and O–H groups in total. The van der Waals surface area contributed by atoms with Crippen molar-refractivity contribution in [2.75, 3.05) is 33.7 Å². The van der Waals surface area contributed by atoms with Gasteiger partial charge in [0.25, 0.3) is 0 Å². The molecule has 0 aromatic rings. The maximum absolute atomic E-state index is 10.1. The van der Waals surface area contributed by atoms with Gasteiger partial charge in [0.05, 0.1) is 17.8 Å². The van der Waals surface area contributed by atoms with E-state index in [1.54, 1.807) is 0 Å². The molecular weight excluding hydrogens is 204 g/mol. The van der Waals surface area contributed by atoms with Crippen LogP contribution < -0.4 is 5.32 Å². The van der Waals surface area contributed by atoms with Crippen LogP contribution in [0.5, 0.6) is 0 Å². The average molecular weight is 230 g/mol. The van der Waals surface area contributed by atoms with E-state index in [1.807, 2.05) is 25.9 Å². The number of aliphatic hydroxyl groups is 1. The quantitative estimate of drug-likeness (QED) is 0.696. The first kappa shape index (κ1) is 13.9. The third-order valence-electron chi connectivity index (χ3n) is 2.85. The Balaban J connectivity index is 2.14. The summed E-state index contributed by atoms with van der Waals surface area (Å²) in [5, 5.41) is 13.4. The minimum Gasteiger partial charge on any atom is -0.388 e. The Bertz CT molecular complexity index is 207. The zero-order valence-electron chi connectivity index (χ0n) is 11.0. The first-order valence-corrected chi connectivity index (χ1v) is 6.12. The predicted octanol–water partition coefficient (Wildman–Crippen LogP) is 0.456. The summed E-state index contributed by atoms with van der Waals surface area (Å²) in [6.45, 7) is 6.09. The lowest BCUT2D eigenvalue weighted by atomic mass is 10.1. The molecule has 1 rings (SSSR count). The van der Waals surface area contributed by atoms with Crippen LogP contribution in [0.4, 0.5) is 0 Å². The molecule has 1 fully saturated rings. The topological polar surface area (TPSA) is 44.7 Å². The normalized spacial score (nSPS) is 29.6. The Morgan fingerprint density at radius 1 is 1.44 bits per heavy atom. The van der Waals surface area contributed by atoms with Crippen molar-refractivity contribution in [3.8, 4) is 0 Å². The SMILES string of the molecule is CC1CCC(CNCC(C)(O)CN(C)C)O1. The number of rotatable bonds is 6.